The Hall–Kier alpha value is -1.12. The van der Waals surface area contributed by atoms with Gasteiger partial charge in [0, 0.05) is 18.1 Å². The van der Waals surface area contributed by atoms with Crippen LogP contribution < -0.4 is 0 Å². The predicted molar refractivity (Wildman–Crippen MR) is 65.7 cm³/mol. The van der Waals surface area contributed by atoms with E-state index >= 15 is 0 Å². The normalized spacial score (nSPS) is 14.8. The maximum atomic E-state index is 11.1. The second-order valence-electron chi connectivity index (χ2n) is 3.51. The van der Waals surface area contributed by atoms with Gasteiger partial charge in [0.25, 0.3) is 5.69 Å². The Morgan fingerprint density at radius 3 is 2.35 bits per heavy atom. The fourth-order valence-corrected chi connectivity index (χ4v) is 2.92. The zero-order valence-electron chi connectivity index (χ0n) is 9.86. The van der Waals surface area contributed by atoms with E-state index in [1.807, 2.05) is 0 Å². The van der Waals surface area contributed by atoms with Gasteiger partial charge in [-0.15, -0.1) is 0 Å². The third-order valence-electron chi connectivity index (χ3n) is 2.02. The molecule has 1 rings (SSSR count). The molecular formula is C8H11NO9P2. The first-order valence-electron chi connectivity index (χ1n) is 5.07. The Kier molecular flexibility index (Phi) is 5.55. The standard InChI is InChI=1S/C8H11NO9P2/c10-9(11)8-4-2-1-3-7(8)5-6-17-20(15,16)18-19(12,13)14/h1-4H,5-6H2,(H,15,16)(H2,12,13,14). The van der Waals surface area contributed by atoms with Gasteiger partial charge in [0.2, 0.25) is 0 Å². The third-order valence-corrected chi connectivity index (χ3v) is 4.21. The summed E-state index contributed by atoms with van der Waals surface area (Å²) in [4.78, 5) is 35.8. The summed E-state index contributed by atoms with van der Waals surface area (Å²) in [6.07, 6.45) is -0.105. The first kappa shape index (κ1) is 16.9. The summed E-state index contributed by atoms with van der Waals surface area (Å²) in [7, 11) is -10.1. The van der Waals surface area contributed by atoms with Gasteiger partial charge in [-0.25, -0.2) is 9.13 Å². The minimum Gasteiger partial charge on any atom is -0.302 e. The lowest BCUT2D eigenvalue weighted by Gasteiger charge is -2.12. The van der Waals surface area contributed by atoms with Crippen molar-refractivity contribution in [2.24, 2.45) is 0 Å². The number of hydrogen-bond donors (Lipinski definition) is 3. The van der Waals surface area contributed by atoms with Crippen molar-refractivity contribution in [3.63, 3.8) is 0 Å². The van der Waals surface area contributed by atoms with Crippen molar-refractivity contribution < 1.29 is 37.6 Å². The fraction of sp³-hybridized carbons (Fsp3) is 0.250. The molecule has 10 nitrogen and oxygen atoms in total. The maximum Gasteiger partial charge on any atom is 0.481 e. The number of nitro benzene ring substituents is 1. The van der Waals surface area contributed by atoms with E-state index in [0.717, 1.165) is 0 Å². The van der Waals surface area contributed by atoms with Gasteiger partial charge < -0.3 is 14.7 Å². The van der Waals surface area contributed by atoms with Gasteiger partial charge >= 0.3 is 15.6 Å². The van der Waals surface area contributed by atoms with Crippen LogP contribution in [0.25, 0.3) is 0 Å². The number of phosphoric acid groups is 2. The lowest BCUT2D eigenvalue weighted by molar-refractivity contribution is -0.385. The van der Waals surface area contributed by atoms with Crippen LogP contribution in [0.3, 0.4) is 0 Å². The molecule has 0 radical (unpaired) electrons. The second-order valence-corrected chi connectivity index (χ2v) is 6.34. The van der Waals surface area contributed by atoms with Crippen LogP contribution in [0, 0.1) is 10.1 Å². The molecule has 0 spiro atoms. The molecule has 1 unspecified atom stereocenters. The van der Waals surface area contributed by atoms with E-state index in [4.69, 9.17) is 14.7 Å². The quantitative estimate of drug-likeness (QED) is 0.382. The van der Waals surface area contributed by atoms with Crippen LogP contribution in [-0.2, 0) is 24.4 Å². The topological polar surface area (TPSA) is 156 Å². The van der Waals surface area contributed by atoms with E-state index in [-0.39, 0.29) is 17.7 Å². The van der Waals surface area contributed by atoms with Crippen LogP contribution >= 0.6 is 15.6 Å². The lowest BCUT2D eigenvalue weighted by Crippen LogP contribution is -2.02. The second kappa shape index (κ2) is 6.55. The first-order chi connectivity index (χ1) is 9.11. The highest BCUT2D eigenvalue weighted by molar-refractivity contribution is 7.60. The van der Waals surface area contributed by atoms with E-state index in [9.17, 15) is 19.2 Å². The van der Waals surface area contributed by atoms with Crippen LogP contribution in [0.15, 0.2) is 24.3 Å². The highest BCUT2D eigenvalue weighted by Crippen LogP contribution is 2.57. The summed E-state index contributed by atoms with van der Waals surface area (Å²) in [6, 6.07) is 5.66. The van der Waals surface area contributed by atoms with Gasteiger partial charge in [0.15, 0.2) is 0 Å². The fourth-order valence-electron chi connectivity index (χ4n) is 1.33. The van der Waals surface area contributed by atoms with Gasteiger partial charge in [-0.2, -0.15) is 4.31 Å². The Morgan fingerprint density at radius 1 is 1.20 bits per heavy atom. The Labute approximate surface area is 113 Å². The summed E-state index contributed by atoms with van der Waals surface area (Å²) in [5.74, 6) is 0. The van der Waals surface area contributed by atoms with Gasteiger partial charge in [-0.3, -0.25) is 14.6 Å². The molecule has 0 aliphatic heterocycles. The highest BCUT2D eigenvalue weighted by Gasteiger charge is 2.32. The largest absolute Gasteiger partial charge is 0.481 e. The van der Waals surface area contributed by atoms with Crippen LogP contribution in [-0.4, -0.2) is 26.2 Å². The van der Waals surface area contributed by atoms with Crippen molar-refractivity contribution in [1.29, 1.82) is 0 Å². The van der Waals surface area contributed by atoms with Crippen LogP contribution in [0.4, 0.5) is 5.69 Å². The summed E-state index contributed by atoms with van der Waals surface area (Å²) >= 11 is 0. The molecule has 3 N–H and O–H groups in total. The molecule has 0 saturated carbocycles. The van der Waals surface area contributed by atoms with Gasteiger partial charge in [0.05, 0.1) is 11.5 Å². The van der Waals surface area contributed by atoms with Crippen molar-refractivity contribution in [2.45, 2.75) is 6.42 Å². The molecule has 0 aliphatic rings. The van der Waals surface area contributed by atoms with Crippen molar-refractivity contribution in [3.8, 4) is 0 Å². The van der Waals surface area contributed by atoms with Crippen molar-refractivity contribution >= 4 is 21.3 Å². The number of hydrogen-bond acceptors (Lipinski definition) is 6. The maximum absolute atomic E-state index is 11.1. The molecule has 1 atom stereocenters. The van der Waals surface area contributed by atoms with E-state index in [1.165, 1.54) is 24.3 Å². The van der Waals surface area contributed by atoms with E-state index in [1.54, 1.807) is 0 Å². The average Bonchev–Trinajstić information content (AvgIpc) is 2.25. The van der Waals surface area contributed by atoms with Crippen LogP contribution in [0.2, 0.25) is 0 Å². The molecule has 0 aromatic heterocycles. The summed E-state index contributed by atoms with van der Waals surface area (Å²) < 4.78 is 29.4. The Morgan fingerprint density at radius 2 is 1.80 bits per heavy atom. The van der Waals surface area contributed by atoms with Crippen molar-refractivity contribution in [1.82, 2.24) is 0 Å². The molecule has 20 heavy (non-hydrogen) atoms. The zero-order valence-corrected chi connectivity index (χ0v) is 11.6. The molecule has 1 aromatic rings. The van der Waals surface area contributed by atoms with E-state index in [0.29, 0.717) is 0 Å². The molecule has 0 aliphatic carbocycles. The lowest BCUT2D eigenvalue weighted by atomic mass is 10.1. The molecule has 0 amide bonds. The van der Waals surface area contributed by atoms with E-state index < -0.39 is 27.2 Å². The number of nitrogens with zero attached hydrogens (tertiary/aromatic N) is 1. The van der Waals surface area contributed by atoms with Gasteiger partial charge in [0.1, 0.15) is 0 Å². The molecule has 0 bridgehead atoms. The molecule has 0 heterocycles. The predicted octanol–water partition coefficient (Wildman–Crippen LogP) is 1.36. The van der Waals surface area contributed by atoms with Crippen LogP contribution in [0.1, 0.15) is 5.56 Å². The molecule has 1 aromatic carbocycles. The smallest absolute Gasteiger partial charge is 0.302 e. The Balaban J connectivity index is 2.63. The number of nitro groups is 1. The minimum atomic E-state index is -5.17. The monoisotopic (exact) mass is 327 g/mol. The van der Waals surface area contributed by atoms with Gasteiger partial charge in [-0.05, 0) is 0 Å². The zero-order chi connectivity index (χ0) is 15.4. The summed E-state index contributed by atoms with van der Waals surface area (Å²) in [5, 5.41) is 10.7. The summed E-state index contributed by atoms with van der Waals surface area (Å²) in [5.41, 5.74) is 0.0495. The molecule has 12 heteroatoms. The minimum absolute atomic E-state index is 0.105. The highest BCUT2D eigenvalue weighted by atomic mass is 31.3. The van der Waals surface area contributed by atoms with E-state index in [2.05, 4.69) is 8.83 Å². The third kappa shape index (κ3) is 5.89. The first-order valence-corrected chi connectivity index (χ1v) is 8.10. The van der Waals surface area contributed by atoms with Crippen molar-refractivity contribution in [3.05, 3.63) is 39.9 Å². The number of phosphoric ester groups is 1. The molecular weight excluding hydrogens is 316 g/mol. The molecule has 0 fully saturated rings. The Bertz CT molecular complexity index is 583. The number of para-hydroxylation sites is 1. The molecule has 112 valence electrons. The SMILES string of the molecule is O=[N+]([O-])c1ccccc1CCOP(=O)(O)OP(=O)(O)O. The number of rotatable bonds is 7. The molecule has 0 saturated heterocycles. The average molecular weight is 327 g/mol. The van der Waals surface area contributed by atoms with Gasteiger partial charge in [-0.1, -0.05) is 18.2 Å². The summed E-state index contributed by atoms with van der Waals surface area (Å²) in [6.45, 7) is -0.487. The number of benzene rings is 1. The van der Waals surface area contributed by atoms with Crippen molar-refractivity contribution in [2.75, 3.05) is 6.61 Å². The van der Waals surface area contributed by atoms with Crippen LogP contribution in [0.5, 0.6) is 0 Å².